The van der Waals surface area contributed by atoms with Crippen LogP contribution in [0.15, 0.2) is 149 Å². The van der Waals surface area contributed by atoms with Gasteiger partial charge in [0.25, 0.3) is 5.91 Å². The fraction of sp³-hybridized carbons (Fsp3) is 0.461. The predicted molar refractivity (Wildman–Crippen MR) is 365 cm³/mol. The summed E-state index contributed by atoms with van der Waals surface area (Å²) in [4.78, 5) is 98.1. The van der Waals surface area contributed by atoms with Crippen LogP contribution in [0.25, 0.3) is 22.2 Å². The number of ether oxygens (including phenoxy) is 4. The maximum Gasteiger partial charge on any atom is 0.417 e. The summed E-state index contributed by atoms with van der Waals surface area (Å²) in [6.45, 7) is 4.38. The van der Waals surface area contributed by atoms with Gasteiger partial charge in [0.2, 0.25) is 23.6 Å². The Bertz CT molecular complexity index is 4300. The number of H-pyrrole nitrogens is 2. The first kappa shape index (κ1) is 72.8. The Labute approximate surface area is 578 Å². The average molecular weight is 1400 g/mol. The second-order valence-electron chi connectivity index (χ2n) is 27.0. The lowest BCUT2D eigenvalue weighted by Crippen LogP contribution is -2.34. The molecule has 2 aromatic heterocycles. The van der Waals surface area contributed by atoms with E-state index >= 15 is 0 Å². The quantitative estimate of drug-likeness (QED) is 0.0122. The number of ketones is 2. The van der Waals surface area contributed by atoms with E-state index in [1.165, 1.54) is 37.8 Å². The van der Waals surface area contributed by atoms with Gasteiger partial charge in [-0.1, -0.05) is 48.5 Å². The Morgan fingerprint density at radius 3 is 1.64 bits per heavy atom. The van der Waals surface area contributed by atoms with Gasteiger partial charge in [-0.3, -0.25) is 39.1 Å². The van der Waals surface area contributed by atoms with Crippen LogP contribution >= 0.6 is 0 Å². The molecule has 19 nitrogen and oxygen atoms in total. The Balaban J connectivity index is 0.000000140. The molecule has 2 aliphatic heterocycles. The highest BCUT2D eigenvalue weighted by molar-refractivity contribution is 6.38. The Hall–Kier alpha value is -9.39. The number of aromatic amines is 2. The molecule has 5 aromatic carbocycles. The lowest BCUT2D eigenvalue weighted by molar-refractivity contribution is -0.153. The molecule has 4 heterocycles. The topological polar surface area (TPSA) is 268 Å². The van der Waals surface area contributed by atoms with Crippen molar-refractivity contribution in [2.24, 2.45) is 33.5 Å². The number of fused-ring (bicyclic) bond motifs is 2. The average Bonchev–Trinajstić information content (AvgIpc) is 1.57. The minimum absolute atomic E-state index is 0.0146. The zero-order chi connectivity index (χ0) is 71.4. The number of aldehydes is 1. The fourth-order valence-corrected chi connectivity index (χ4v) is 12.6. The van der Waals surface area contributed by atoms with E-state index in [4.69, 9.17) is 33.8 Å². The molecule has 0 saturated heterocycles. The van der Waals surface area contributed by atoms with Crippen molar-refractivity contribution in [3.63, 3.8) is 0 Å². The standard InChI is InChI=1S/C29H27F2N3O4.C17H21F2NO.C13H14F2O2.C13H11NO6.C4H9N/c30-29(31)11-9-18(10-12-29)37-19-4-1-3-17(13-19)25-23-21(27(35)34(25)15-16-7-8-16)14-32-24(23)20-5-2-6-22-26(20)38-28(36)33-22;18-17(19)8-6-15(7-9-17)21-16-3-1-2-14(10-16)12-20-11-13-4-5-13;14-13(15)6-4-11(5-7-13)17-12-3-1-2-10(8-12)9-16;1-2-19-12(17)10(16)6-9(15)7-4-3-5-8-11(7)20-13(18)14-8;5-3-4-1-2-4/h1-6,13,16,18,25H,7-12,14-15H2,(H,33,36);1-3,10,12-13,15H,4-9,11H2;1-3,8-9,11H,4-7H2;3-5H,2,6H2,1H3,(H,14,18);4H,1-3,5H2. The highest BCUT2D eigenvalue weighted by atomic mass is 19.3. The van der Waals surface area contributed by atoms with Crippen molar-refractivity contribution in [2.75, 3.05) is 32.8 Å². The van der Waals surface area contributed by atoms with E-state index in [1.807, 2.05) is 71.8 Å². The number of aromatic nitrogens is 2. The number of nitrogens with two attached hydrogens (primary N) is 1. The number of amides is 1. The van der Waals surface area contributed by atoms with Gasteiger partial charge in [0.15, 0.2) is 16.9 Å². The SMILES string of the molecule is CCOC(=O)C(=O)CC(=O)c1cccc2[nH]c(=O)oc12.FC1(F)CCC(Oc2cccc(C=NCC3CC3)c2)CC1.NCC1CC1.O=C1C2=C(C(c3cccc4[nH]c(=O)oc34)=NC2)C(c2cccc(OC3CCC(F)(F)CC3)c2)N1CC1CC1.O=Cc1cccc(OC2CCC(F)(F)CC2)c1. The van der Waals surface area contributed by atoms with E-state index in [-0.39, 0.29) is 93.1 Å². The van der Waals surface area contributed by atoms with Crippen molar-refractivity contribution in [3.8, 4) is 17.2 Å². The first-order chi connectivity index (χ1) is 48.5. The summed E-state index contributed by atoms with van der Waals surface area (Å²) >= 11 is 0. The maximum absolute atomic E-state index is 13.7. The monoisotopic (exact) mass is 1400 g/mol. The molecule has 25 heteroatoms. The predicted octanol–water partition coefficient (Wildman–Crippen LogP) is 14.3. The summed E-state index contributed by atoms with van der Waals surface area (Å²) in [5.74, 6) is -7.40. The number of carbonyl (C=O) groups is 5. The Kier molecular flexibility index (Phi) is 23.4. The van der Waals surface area contributed by atoms with Crippen molar-refractivity contribution < 1.29 is 78.1 Å². The van der Waals surface area contributed by atoms with Gasteiger partial charge in [0, 0.05) is 80.1 Å². The lowest BCUT2D eigenvalue weighted by atomic mass is 9.91. The first-order valence-corrected chi connectivity index (χ1v) is 34.7. The number of hydrogen-bond donors (Lipinski definition) is 3. The smallest absolute Gasteiger partial charge is 0.417 e. The second kappa shape index (κ2) is 32.5. The van der Waals surface area contributed by atoms with E-state index in [9.17, 15) is 59.9 Å². The second-order valence-corrected chi connectivity index (χ2v) is 27.0. The van der Waals surface area contributed by atoms with Crippen molar-refractivity contribution in [2.45, 2.75) is 171 Å². The van der Waals surface area contributed by atoms with Gasteiger partial charge >= 0.3 is 17.5 Å². The third kappa shape index (κ3) is 20.2. The number of esters is 1. The molecular weight excluding hydrogens is 1320 g/mol. The molecule has 0 bridgehead atoms. The fourth-order valence-electron chi connectivity index (χ4n) is 12.6. The summed E-state index contributed by atoms with van der Waals surface area (Å²) < 4.78 is 112. The Morgan fingerprint density at radius 2 is 1.12 bits per heavy atom. The number of Topliss-reactive ketones (excluding diaryl/α,β-unsaturated/α-hetero) is 2. The summed E-state index contributed by atoms with van der Waals surface area (Å²) in [7, 11) is 0. The van der Waals surface area contributed by atoms with Crippen LogP contribution in [0.1, 0.15) is 172 Å². The summed E-state index contributed by atoms with van der Waals surface area (Å²) in [6, 6.07) is 31.7. The summed E-state index contributed by atoms with van der Waals surface area (Å²) in [5, 5.41) is 0. The molecule has 6 fully saturated rings. The van der Waals surface area contributed by atoms with Gasteiger partial charge in [-0.05, 0) is 180 Å². The molecule has 101 heavy (non-hydrogen) atoms. The van der Waals surface area contributed by atoms with Gasteiger partial charge < -0.3 is 38.4 Å². The number of rotatable bonds is 20. The minimum Gasteiger partial charge on any atom is -0.490 e. The molecule has 1 atom stereocenters. The number of para-hydroxylation sites is 2. The van der Waals surface area contributed by atoms with Crippen molar-refractivity contribution in [3.05, 3.63) is 169 Å². The number of aliphatic imine (C=N–C) groups is 2. The van der Waals surface area contributed by atoms with E-state index in [2.05, 4.69) is 19.7 Å². The van der Waals surface area contributed by atoms with E-state index < -0.39 is 53.2 Å². The number of oxazole rings is 2. The van der Waals surface area contributed by atoms with Crippen LogP contribution in [0, 0.1) is 17.8 Å². The van der Waals surface area contributed by atoms with Crippen LogP contribution in [0.2, 0.25) is 0 Å². The zero-order valence-corrected chi connectivity index (χ0v) is 56.1. The van der Waals surface area contributed by atoms with Crippen molar-refractivity contribution >= 4 is 63.9 Å². The van der Waals surface area contributed by atoms with Crippen LogP contribution in [0.4, 0.5) is 26.3 Å². The van der Waals surface area contributed by atoms with Crippen molar-refractivity contribution in [1.82, 2.24) is 14.9 Å². The highest BCUT2D eigenvalue weighted by Gasteiger charge is 2.47. The van der Waals surface area contributed by atoms with E-state index in [0.717, 1.165) is 66.5 Å². The van der Waals surface area contributed by atoms with Gasteiger partial charge in [0.1, 0.15) is 23.5 Å². The molecule has 0 spiro atoms. The number of nitrogens with zero attached hydrogens (tertiary/aromatic N) is 3. The third-order valence-electron chi connectivity index (χ3n) is 18.8. The highest BCUT2D eigenvalue weighted by Crippen LogP contribution is 2.47. The molecule has 15 rings (SSSR count). The number of benzene rings is 5. The molecule has 7 aromatic rings. The minimum atomic E-state index is -2.61. The molecule has 4 N–H and O–H groups in total. The van der Waals surface area contributed by atoms with E-state index in [1.54, 1.807) is 43.3 Å². The number of alkyl halides is 6. The normalized spacial score (nSPS) is 20.0. The van der Waals surface area contributed by atoms with Gasteiger partial charge in [0.05, 0.1) is 66.2 Å². The Morgan fingerprint density at radius 1 is 0.624 bits per heavy atom. The molecule has 0 radical (unpaired) electrons. The number of halogens is 6. The van der Waals surface area contributed by atoms with Gasteiger partial charge in [-0.2, -0.15) is 0 Å². The largest absolute Gasteiger partial charge is 0.490 e. The number of carbonyl (C=O) groups excluding carboxylic acids is 5. The maximum atomic E-state index is 13.7. The molecule has 8 aliphatic rings. The lowest BCUT2D eigenvalue weighted by Gasteiger charge is -2.30. The van der Waals surface area contributed by atoms with Crippen LogP contribution in [-0.2, 0) is 19.1 Å². The van der Waals surface area contributed by atoms with Crippen LogP contribution in [0.5, 0.6) is 17.2 Å². The molecule has 6 saturated carbocycles. The third-order valence-corrected chi connectivity index (χ3v) is 18.8. The zero-order valence-electron chi connectivity index (χ0n) is 56.1. The number of hydrogen-bond acceptors (Lipinski definition) is 16. The molecular formula is C76H82F6N6O13. The van der Waals surface area contributed by atoms with Gasteiger partial charge in [-0.15, -0.1) is 0 Å². The first-order valence-electron chi connectivity index (χ1n) is 34.7. The molecule has 536 valence electrons. The summed E-state index contributed by atoms with van der Waals surface area (Å²) in [5.41, 5.74) is 12.0. The van der Waals surface area contributed by atoms with Gasteiger partial charge in [-0.25, -0.2) is 40.7 Å². The van der Waals surface area contributed by atoms with Crippen LogP contribution in [0.3, 0.4) is 0 Å². The van der Waals surface area contributed by atoms with Crippen LogP contribution < -0.4 is 31.5 Å². The molecule has 1 unspecified atom stereocenters. The van der Waals surface area contributed by atoms with Crippen LogP contribution in [-0.4, -0.2) is 125 Å². The molecule has 1 amide bonds. The summed E-state index contributed by atoms with van der Waals surface area (Å²) in [6.07, 6.45) is 10.5. The number of nitrogens with one attached hydrogen (secondary N) is 2. The van der Waals surface area contributed by atoms with E-state index in [0.29, 0.717) is 102 Å². The molecule has 6 aliphatic carbocycles. The van der Waals surface area contributed by atoms with Crippen molar-refractivity contribution in [1.29, 1.82) is 0 Å².